The first-order chi connectivity index (χ1) is 7.79. The normalized spacial score (nSPS) is 22.2. The molecule has 0 spiro atoms. The molecule has 1 aliphatic rings. The standard InChI is InChI=1S/C12H19NO2S/c1-14-10-7-12(16-8-10)11(13)5-4-9-3-2-6-15-9/h7-9,11H,2-6,13H2,1H3. The summed E-state index contributed by atoms with van der Waals surface area (Å²) in [4.78, 5) is 1.20. The van der Waals surface area contributed by atoms with Crippen LogP contribution < -0.4 is 10.5 Å². The van der Waals surface area contributed by atoms with Gasteiger partial charge >= 0.3 is 0 Å². The van der Waals surface area contributed by atoms with Crippen molar-refractivity contribution in [1.29, 1.82) is 0 Å². The van der Waals surface area contributed by atoms with Gasteiger partial charge in [0, 0.05) is 22.9 Å². The van der Waals surface area contributed by atoms with Crippen LogP contribution in [0.5, 0.6) is 5.75 Å². The van der Waals surface area contributed by atoms with Crippen molar-refractivity contribution in [1.82, 2.24) is 0 Å². The highest BCUT2D eigenvalue weighted by Crippen LogP contribution is 2.29. The predicted octanol–water partition coefficient (Wildman–Crippen LogP) is 2.72. The van der Waals surface area contributed by atoms with E-state index in [-0.39, 0.29) is 6.04 Å². The molecule has 0 radical (unpaired) electrons. The van der Waals surface area contributed by atoms with Crippen LogP contribution in [0.2, 0.25) is 0 Å². The quantitative estimate of drug-likeness (QED) is 0.862. The fraction of sp³-hybridized carbons (Fsp3) is 0.667. The number of ether oxygens (including phenoxy) is 2. The van der Waals surface area contributed by atoms with E-state index in [2.05, 4.69) is 0 Å². The Labute approximate surface area is 101 Å². The topological polar surface area (TPSA) is 44.5 Å². The number of methoxy groups -OCH3 is 1. The van der Waals surface area contributed by atoms with Crippen LogP contribution in [0.15, 0.2) is 11.4 Å². The third kappa shape index (κ3) is 2.97. The third-order valence-corrected chi connectivity index (χ3v) is 4.06. The fourth-order valence-electron chi connectivity index (χ4n) is 2.02. The Morgan fingerprint density at radius 1 is 1.69 bits per heavy atom. The van der Waals surface area contributed by atoms with E-state index in [1.54, 1.807) is 18.4 Å². The van der Waals surface area contributed by atoms with E-state index in [1.165, 1.54) is 17.7 Å². The summed E-state index contributed by atoms with van der Waals surface area (Å²) in [5.41, 5.74) is 6.14. The minimum atomic E-state index is 0.123. The molecule has 16 heavy (non-hydrogen) atoms. The highest BCUT2D eigenvalue weighted by Gasteiger charge is 2.17. The second kappa shape index (κ2) is 5.66. The Kier molecular flexibility index (Phi) is 4.21. The van der Waals surface area contributed by atoms with Crippen LogP contribution in [0.4, 0.5) is 0 Å². The lowest BCUT2D eigenvalue weighted by Gasteiger charge is -2.13. The number of hydrogen-bond donors (Lipinski definition) is 1. The average molecular weight is 241 g/mol. The molecular weight excluding hydrogens is 222 g/mol. The molecule has 1 saturated heterocycles. The summed E-state index contributed by atoms with van der Waals surface area (Å²) in [6, 6.07) is 2.16. The third-order valence-electron chi connectivity index (χ3n) is 3.02. The zero-order valence-corrected chi connectivity index (χ0v) is 10.5. The Hall–Kier alpha value is -0.580. The van der Waals surface area contributed by atoms with Gasteiger partial charge in [0.05, 0.1) is 13.2 Å². The van der Waals surface area contributed by atoms with Crippen molar-refractivity contribution in [2.45, 2.75) is 37.8 Å². The second-order valence-electron chi connectivity index (χ2n) is 4.21. The maximum Gasteiger partial charge on any atom is 0.129 e. The van der Waals surface area contributed by atoms with E-state index in [9.17, 15) is 0 Å². The van der Waals surface area contributed by atoms with Crippen molar-refractivity contribution in [3.8, 4) is 5.75 Å². The molecule has 4 heteroatoms. The molecule has 2 rings (SSSR count). The second-order valence-corrected chi connectivity index (χ2v) is 5.15. The zero-order valence-electron chi connectivity index (χ0n) is 9.65. The van der Waals surface area contributed by atoms with Crippen LogP contribution in [0, 0.1) is 0 Å². The van der Waals surface area contributed by atoms with Gasteiger partial charge in [0.15, 0.2) is 0 Å². The van der Waals surface area contributed by atoms with Crippen LogP contribution in [0.3, 0.4) is 0 Å². The lowest BCUT2D eigenvalue weighted by molar-refractivity contribution is 0.101. The number of hydrogen-bond acceptors (Lipinski definition) is 4. The molecule has 0 aliphatic carbocycles. The molecule has 90 valence electrons. The van der Waals surface area contributed by atoms with Crippen LogP contribution in [-0.2, 0) is 4.74 Å². The van der Waals surface area contributed by atoms with Gasteiger partial charge in [0.2, 0.25) is 0 Å². The molecule has 2 unspecified atom stereocenters. The predicted molar refractivity (Wildman–Crippen MR) is 66.0 cm³/mol. The van der Waals surface area contributed by atoms with E-state index < -0.39 is 0 Å². The molecule has 2 atom stereocenters. The first-order valence-electron chi connectivity index (χ1n) is 5.79. The van der Waals surface area contributed by atoms with Gasteiger partial charge in [-0.05, 0) is 31.7 Å². The van der Waals surface area contributed by atoms with E-state index in [0.717, 1.165) is 25.2 Å². The molecule has 1 aromatic heterocycles. The highest BCUT2D eigenvalue weighted by atomic mass is 32.1. The minimum absolute atomic E-state index is 0.123. The molecule has 1 aliphatic heterocycles. The van der Waals surface area contributed by atoms with Gasteiger partial charge < -0.3 is 15.2 Å². The van der Waals surface area contributed by atoms with Gasteiger partial charge in [-0.1, -0.05) is 0 Å². The number of rotatable bonds is 5. The van der Waals surface area contributed by atoms with Gasteiger partial charge in [-0.3, -0.25) is 0 Å². The van der Waals surface area contributed by atoms with Gasteiger partial charge in [-0.25, -0.2) is 0 Å². The summed E-state index contributed by atoms with van der Waals surface area (Å²) in [5, 5.41) is 2.00. The zero-order chi connectivity index (χ0) is 11.4. The molecule has 0 amide bonds. The van der Waals surface area contributed by atoms with Crippen molar-refractivity contribution in [2.75, 3.05) is 13.7 Å². The molecule has 0 bridgehead atoms. The summed E-state index contributed by atoms with van der Waals surface area (Å²) < 4.78 is 10.7. The highest BCUT2D eigenvalue weighted by molar-refractivity contribution is 7.10. The van der Waals surface area contributed by atoms with Crippen LogP contribution in [0.1, 0.15) is 36.6 Å². The summed E-state index contributed by atoms with van der Waals surface area (Å²) >= 11 is 1.67. The fourth-order valence-corrected chi connectivity index (χ4v) is 2.91. The maximum absolute atomic E-state index is 6.14. The molecule has 2 N–H and O–H groups in total. The lowest BCUT2D eigenvalue weighted by Crippen LogP contribution is -2.13. The molecular formula is C12H19NO2S. The molecule has 0 saturated carbocycles. The SMILES string of the molecule is COc1csc(C(N)CCC2CCCO2)c1. The average Bonchev–Trinajstić information content (AvgIpc) is 2.96. The van der Waals surface area contributed by atoms with E-state index in [4.69, 9.17) is 15.2 Å². The van der Waals surface area contributed by atoms with Crippen molar-refractivity contribution in [2.24, 2.45) is 5.73 Å². The lowest BCUT2D eigenvalue weighted by atomic mass is 10.1. The van der Waals surface area contributed by atoms with Crippen LogP contribution >= 0.6 is 11.3 Å². The first-order valence-corrected chi connectivity index (χ1v) is 6.67. The Morgan fingerprint density at radius 2 is 2.56 bits per heavy atom. The number of nitrogens with two attached hydrogens (primary N) is 1. The monoisotopic (exact) mass is 241 g/mol. The van der Waals surface area contributed by atoms with E-state index in [0.29, 0.717) is 6.10 Å². The Balaban J connectivity index is 1.80. The summed E-state index contributed by atoms with van der Waals surface area (Å²) in [7, 11) is 1.68. The van der Waals surface area contributed by atoms with Crippen LogP contribution in [0.25, 0.3) is 0 Å². The van der Waals surface area contributed by atoms with Crippen LogP contribution in [-0.4, -0.2) is 19.8 Å². The molecule has 1 aromatic rings. The molecule has 1 fully saturated rings. The minimum Gasteiger partial charge on any atom is -0.496 e. The smallest absolute Gasteiger partial charge is 0.129 e. The molecule has 2 heterocycles. The first kappa shape index (κ1) is 11.9. The van der Waals surface area contributed by atoms with E-state index in [1.807, 2.05) is 11.4 Å². The largest absolute Gasteiger partial charge is 0.496 e. The maximum atomic E-state index is 6.14. The van der Waals surface area contributed by atoms with Gasteiger partial charge in [-0.15, -0.1) is 11.3 Å². The van der Waals surface area contributed by atoms with Crippen molar-refractivity contribution < 1.29 is 9.47 Å². The molecule has 0 aromatic carbocycles. The van der Waals surface area contributed by atoms with Crippen molar-refractivity contribution in [3.05, 3.63) is 16.3 Å². The summed E-state index contributed by atoms with van der Waals surface area (Å²) in [6.45, 7) is 0.923. The van der Waals surface area contributed by atoms with Crippen molar-refractivity contribution in [3.63, 3.8) is 0 Å². The number of thiophene rings is 1. The summed E-state index contributed by atoms with van der Waals surface area (Å²) in [5.74, 6) is 0.910. The summed E-state index contributed by atoms with van der Waals surface area (Å²) in [6.07, 6.45) is 4.90. The van der Waals surface area contributed by atoms with Gasteiger partial charge in [0.1, 0.15) is 5.75 Å². The van der Waals surface area contributed by atoms with Gasteiger partial charge in [-0.2, -0.15) is 0 Å². The molecule has 3 nitrogen and oxygen atoms in total. The van der Waals surface area contributed by atoms with Crippen molar-refractivity contribution >= 4 is 11.3 Å². The van der Waals surface area contributed by atoms with E-state index >= 15 is 0 Å². The Morgan fingerprint density at radius 3 is 3.19 bits per heavy atom. The Bertz CT molecular complexity index is 321. The van der Waals surface area contributed by atoms with Gasteiger partial charge in [0.25, 0.3) is 0 Å².